The summed E-state index contributed by atoms with van der Waals surface area (Å²) in [6, 6.07) is 10.3. The molecule has 0 saturated carbocycles. The number of benzene rings is 1. The Kier molecular flexibility index (Phi) is 2.71. The van der Waals surface area contributed by atoms with E-state index < -0.39 is 0 Å². The summed E-state index contributed by atoms with van der Waals surface area (Å²) in [6.45, 7) is 4.08. The maximum atomic E-state index is 6.20. The summed E-state index contributed by atoms with van der Waals surface area (Å²) in [4.78, 5) is 4.40. The first-order valence-electron chi connectivity index (χ1n) is 6.39. The van der Waals surface area contributed by atoms with E-state index in [0.29, 0.717) is 5.82 Å². The van der Waals surface area contributed by atoms with Gasteiger partial charge in [-0.1, -0.05) is 31.2 Å². The van der Waals surface area contributed by atoms with Crippen molar-refractivity contribution in [3.8, 4) is 11.1 Å². The minimum absolute atomic E-state index is 0.627. The Morgan fingerprint density at radius 3 is 2.63 bits per heavy atom. The second-order valence-electron chi connectivity index (χ2n) is 4.66. The third-order valence-electron chi connectivity index (χ3n) is 3.32. The molecule has 96 valence electrons. The predicted molar refractivity (Wildman–Crippen MR) is 77.0 cm³/mol. The van der Waals surface area contributed by atoms with Crippen molar-refractivity contribution in [2.45, 2.75) is 20.3 Å². The van der Waals surface area contributed by atoms with Crippen molar-refractivity contribution in [2.24, 2.45) is 0 Å². The first kappa shape index (κ1) is 11.7. The minimum atomic E-state index is 0.627. The molecule has 0 aliphatic heterocycles. The van der Waals surface area contributed by atoms with Gasteiger partial charge >= 0.3 is 0 Å². The largest absolute Gasteiger partial charge is 0.383 e. The van der Waals surface area contributed by atoms with E-state index in [1.165, 1.54) is 5.56 Å². The molecule has 1 aromatic carbocycles. The van der Waals surface area contributed by atoms with Crippen molar-refractivity contribution in [3.63, 3.8) is 0 Å². The van der Waals surface area contributed by atoms with Crippen molar-refractivity contribution in [2.75, 3.05) is 5.73 Å². The molecule has 0 spiro atoms. The van der Waals surface area contributed by atoms with Crippen LogP contribution < -0.4 is 5.73 Å². The molecule has 19 heavy (non-hydrogen) atoms. The van der Waals surface area contributed by atoms with E-state index in [1.807, 2.05) is 19.2 Å². The molecule has 0 unspecified atom stereocenters. The molecule has 4 nitrogen and oxygen atoms in total. The number of hydrogen-bond donors (Lipinski definition) is 1. The zero-order chi connectivity index (χ0) is 13.4. The Morgan fingerprint density at radius 1 is 1.21 bits per heavy atom. The molecule has 0 saturated heterocycles. The Bertz CT molecular complexity index is 726. The highest BCUT2D eigenvalue weighted by atomic mass is 15.3. The summed E-state index contributed by atoms with van der Waals surface area (Å²) in [5.74, 6) is 0.627. The van der Waals surface area contributed by atoms with Gasteiger partial charge in [0.15, 0.2) is 5.65 Å². The third kappa shape index (κ3) is 1.95. The third-order valence-corrected chi connectivity index (χ3v) is 3.32. The molecule has 4 heteroatoms. The number of anilines is 1. The number of nitrogens with zero attached hydrogens (tertiary/aromatic N) is 3. The molecule has 0 aliphatic carbocycles. The monoisotopic (exact) mass is 252 g/mol. The molecule has 0 amide bonds. The maximum absolute atomic E-state index is 6.20. The highest BCUT2D eigenvalue weighted by molar-refractivity contribution is 5.75. The second-order valence-corrected chi connectivity index (χ2v) is 4.66. The highest BCUT2D eigenvalue weighted by Crippen LogP contribution is 2.26. The van der Waals surface area contributed by atoms with Gasteiger partial charge < -0.3 is 5.73 Å². The lowest BCUT2D eigenvalue weighted by atomic mass is 10.0. The fraction of sp³-hybridized carbons (Fsp3) is 0.200. The molecule has 2 heterocycles. The van der Waals surface area contributed by atoms with Gasteiger partial charge in [-0.3, -0.25) is 0 Å². The number of fused-ring (bicyclic) bond motifs is 1. The number of hydrogen-bond acceptors (Lipinski definition) is 3. The van der Waals surface area contributed by atoms with Crippen LogP contribution in [0.4, 0.5) is 5.82 Å². The predicted octanol–water partition coefficient (Wildman–Crippen LogP) is 2.85. The van der Waals surface area contributed by atoms with Crippen molar-refractivity contribution >= 4 is 11.5 Å². The maximum Gasteiger partial charge on any atom is 0.157 e. The number of aromatic nitrogens is 3. The smallest absolute Gasteiger partial charge is 0.157 e. The Hall–Kier alpha value is -2.36. The van der Waals surface area contributed by atoms with Gasteiger partial charge in [0.05, 0.1) is 5.69 Å². The lowest BCUT2D eigenvalue weighted by molar-refractivity contribution is 0.930. The molecule has 0 atom stereocenters. The van der Waals surface area contributed by atoms with Gasteiger partial charge in [-0.2, -0.15) is 9.61 Å². The summed E-state index contributed by atoms with van der Waals surface area (Å²) in [5.41, 5.74) is 11.2. The average molecular weight is 252 g/mol. The summed E-state index contributed by atoms with van der Waals surface area (Å²) in [5, 5.41) is 4.36. The van der Waals surface area contributed by atoms with Crippen LogP contribution in [0.25, 0.3) is 16.8 Å². The van der Waals surface area contributed by atoms with Crippen molar-refractivity contribution in [1.29, 1.82) is 0 Å². The summed E-state index contributed by atoms with van der Waals surface area (Å²) in [7, 11) is 0. The molecule has 2 aromatic heterocycles. The van der Waals surface area contributed by atoms with E-state index in [4.69, 9.17) is 5.73 Å². The van der Waals surface area contributed by atoms with Crippen LogP contribution in [0.15, 0.2) is 36.5 Å². The van der Waals surface area contributed by atoms with Crippen molar-refractivity contribution in [3.05, 3.63) is 47.8 Å². The fourth-order valence-corrected chi connectivity index (χ4v) is 2.21. The number of aryl methyl sites for hydroxylation is 2. The number of rotatable bonds is 2. The van der Waals surface area contributed by atoms with E-state index in [2.05, 4.69) is 41.3 Å². The lowest BCUT2D eigenvalue weighted by Crippen LogP contribution is -2.02. The van der Waals surface area contributed by atoms with Crippen LogP contribution in [0.5, 0.6) is 0 Å². The Labute approximate surface area is 111 Å². The standard InChI is InChI=1S/C15H16N4/c1-3-11-4-6-12(7-5-11)13-9-17-14-8-10(2)18-19(14)15(13)16/h4-9H,3,16H2,1-2H3. The Morgan fingerprint density at radius 2 is 1.95 bits per heavy atom. The van der Waals surface area contributed by atoms with Gasteiger partial charge in [-0.05, 0) is 24.5 Å². The van der Waals surface area contributed by atoms with Crippen molar-refractivity contribution in [1.82, 2.24) is 14.6 Å². The average Bonchev–Trinajstić information content (AvgIpc) is 2.81. The first-order chi connectivity index (χ1) is 9.19. The summed E-state index contributed by atoms with van der Waals surface area (Å²) < 4.78 is 1.69. The molecular weight excluding hydrogens is 236 g/mol. The second kappa shape index (κ2) is 4.39. The van der Waals surface area contributed by atoms with Gasteiger partial charge in [0.2, 0.25) is 0 Å². The van der Waals surface area contributed by atoms with E-state index >= 15 is 0 Å². The summed E-state index contributed by atoms with van der Waals surface area (Å²) >= 11 is 0. The van der Waals surface area contributed by atoms with Crippen LogP contribution in [0.1, 0.15) is 18.2 Å². The SMILES string of the molecule is CCc1ccc(-c2cnc3cc(C)nn3c2N)cc1. The number of nitrogens with two attached hydrogens (primary N) is 1. The van der Waals surface area contributed by atoms with Crippen LogP contribution in [0.2, 0.25) is 0 Å². The van der Waals surface area contributed by atoms with E-state index in [9.17, 15) is 0 Å². The van der Waals surface area contributed by atoms with E-state index in [-0.39, 0.29) is 0 Å². The number of nitrogen functional groups attached to an aromatic ring is 1. The van der Waals surface area contributed by atoms with Crippen LogP contribution >= 0.6 is 0 Å². The Balaban J connectivity index is 2.15. The summed E-state index contributed by atoms with van der Waals surface area (Å²) in [6.07, 6.45) is 2.85. The molecule has 0 aliphatic rings. The lowest BCUT2D eigenvalue weighted by Gasteiger charge is -2.07. The normalized spacial score (nSPS) is 11.1. The quantitative estimate of drug-likeness (QED) is 0.763. The first-order valence-corrected chi connectivity index (χ1v) is 6.39. The molecule has 2 N–H and O–H groups in total. The van der Waals surface area contributed by atoms with Gasteiger partial charge in [0.25, 0.3) is 0 Å². The van der Waals surface area contributed by atoms with Crippen LogP contribution in [-0.2, 0) is 6.42 Å². The molecule has 0 radical (unpaired) electrons. The molecule has 3 rings (SSSR count). The minimum Gasteiger partial charge on any atom is -0.383 e. The molecule has 3 aromatic rings. The van der Waals surface area contributed by atoms with Gasteiger partial charge in [-0.25, -0.2) is 4.98 Å². The van der Waals surface area contributed by atoms with Crippen LogP contribution in [0.3, 0.4) is 0 Å². The van der Waals surface area contributed by atoms with Crippen molar-refractivity contribution < 1.29 is 0 Å². The van der Waals surface area contributed by atoms with E-state index in [1.54, 1.807) is 4.52 Å². The van der Waals surface area contributed by atoms with Crippen LogP contribution in [-0.4, -0.2) is 14.6 Å². The molecule has 0 fully saturated rings. The molecule has 0 bridgehead atoms. The molecular formula is C15H16N4. The van der Waals surface area contributed by atoms with Gasteiger partial charge in [-0.15, -0.1) is 0 Å². The van der Waals surface area contributed by atoms with Gasteiger partial charge in [0, 0.05) is 17.8 Å². The fourth-order valence-electron chi connectivity index (χ4n) is 2.21. The highest BCUT2D eigenvalue weighted by Gasteiger charge is 2.09. The zero-order valence-electron chi connectivity index (χ0n) is 11.1. The van der Waals surface area contributed by atoms with E-state index in [0.717, 1.165) is 28.9 Å². The van der Waals surface area contributed by atoms with Gasteiger partial charge in [0.1, 0.15) is 5.82 Å². The van der Waals surface area contributed by atoms with Crippen LogP contribution in [0, 0.1) is 6.92 Å². The zero-order valence-corrected chi connectivity index (χ0v) is 11.1. The topological polar surface area (TPSA) is 56.2 Å².